The number of rotatable bonds is 4. The molecule has 0 bridgehead atoms. The van der Waals surface area contributed by atoms with Crippen molar-refractivity contribution in [3.05, 3.63) is 63.7 Å². The predicted molar refractivity (Wildman–Crippen MR) is 66.8 cm³/mol. The van der Waals surface area contributed by atoms with Crippen molar-refractivity contribution in [1.29, 1.82) is 0 Å². The van der Waals surface area contributed by atoms with Crippen LogP contribution in [0.2, 0.25) is 0 Å². The van der Waals surface area contributed by atoms with E-state index < -0.39 is 22.5 Å². The van der Waals surface area contributed by atoms with Gasteiger partial charge >= 0.3 is 5.88 Å². The van der Waals surface area contributed by atoms with E-state index in [1.807, 2.05) is 0 Å². The van der Waals surface area contributed by atoms with Crippen molar-refractivity contribution in [3.63, 3.8) is 0 Å². The van der Waals surface area contributed by atoms with Crippen LogP contribution >= 0.6 is 0 Å². The standard InChI is InChI=1S/C12H8FN3O4/c13-9-3-1-2-8(6-9)12(17)15-14-7-10-4-5-11(20-10)16(18)19/h1-7H,(H,15,17)/b14-7+. The van der Waals surface area contributed by atoms with Gasteiger partial charge in [-0.2, -0.15) is 5.10 Å². The van der Waals surface area contributed by atoms with E-state index in [0.717, 1.165) is 18.3 Å². The molecule has 1 aromatic heterocycles. The zero-order chi connectivity index (χ0) is 14.5. The second-order valence-corrected chi connectivity index (χ2v) is 3.64. The monoisotopic (exact) mass is 277 g/mol. The first kappa shape index (κ1) is 13.4. The zero-order valence-corrected chi connectivity index (χ0v) is 9.95. The zero-order valence-electron chi connectivity index (χ0n) is 9.95. The summed E-state index contributed by atoms with van der Waals surface area (Å²) in [4.78, 5) is 21.3. The lowest BCUT2D eigenvalue weighted by molar-refractivity contribution is -0.402. The SMILES string of the molecule is O=C(N/N=C/c1ccc([N+](=O)[O-])o1)c1cccc(F)c1. The number of hydrogen-bond acceptors (Lipinski definition) is 5. The van der Waals surface area contributed by atoms with Crippen LogP contribution in [0.5, 0.6) is 0 Å². The van der Waals surface area contributed by atoms with E-state index in [2.05, 4.69) is 10.5 Å². The molecular weight excluding hydrogens is 269 g/mol. The first-order valence-corrected chi connectivity index (χ1v) is 5.39. The molecule has 0 spiro atoms. The molecule has 8 heteroatoms. The summed E-state index contributed by atoms with van der Waals surface area (Å²) in [6.45, 7) is 0. The quantitative estimate of drug-likeness (QED) is 0.525. The number of carbonyl (C=O) groups excluding carboxylic acids is 1. The number of amides is 1. The number of halogens is 1. The summed E-state index contributed by atoms with van der Waals surface area (Å²) in [5.74, 6) is -1.47. The van der Waals surface area contributed by atoms with Gasteiger partial charge in [-0.3, -0.25) is 14.9 Å². The van der Waals surface area contributed by atoms with E-state index in [9.17, 15) is 19.3 Å². The van der Waals surface area contributed by atoms with Crippen molar-refractivity contribution >= 4 is 18.0 Å². The first-order valence-electron chi connectivity index (χ1n) is 5.39. The van der Waals surface area contributed by atoms with Crippen LogP contribution in [0, 0.1) is 15.9 Å². The minimum Gasteiger partial charge on any atom is -0.400 e. The molecule has 0 saturated carbocycles. The third kappa shape index (κ3) is 3.25. The van der Waals surface area contributed by atoms with E-state index in [4.69, 9.17) is 4.42 Å². The van der Waals surface area contributed by atoms with Crippen molar-refractivity contribution in [2.75, 3.05) is 0 Å². The van der Waals surface area contributed by atoms with Crippen LogP contribution in [-0.4, -0.2) is 17.0 Å². The van der Waals surface area contributed by atoms with Gasteiger partial charge in [0.05, 0.1) is 12.3 Å². The van der Waals surface area contributed by atoms with E-state index in [-0.39, 0.29) is 11.3 Å². The van der Waals surface area contributed by atoms with Crippen molar-refractivity contribution in [3.8, 4) is 0 Å². The maximum atomic E-state index is 12.9. The van der Waals surface area contributed by atoms with Crippen molar-refractivity contribution in [2.45, 2.75) is 0 Å². The molecular formula is C12H8FN3O4. The number of nitro groups is 1. The van der Waals surface area contributed by atoms with Gasteiger partial charge in [0.15, 0.2) is 5.76 Å². The van der Waals surface area contributed by atoms with Gasteiger partial charge in [0, 0.05) is 5.56 Å². The largest absolute Gasteiger partial charge is 0.433 e. The Morgan fingerprint density at radius 3 is 2.85 bits per heavy atom. The summed E-state index contributed by atoms with van der Waals surface area (Å²) in [5.41, 5.74) is 2.25. The van der Waals surface area contributed by atoms with Crippen LogP contribution < -0.4 is 5.43 Å². The van der Waals surface area contributed by atoms with Gasteiger partial charge in [-0.05, 0) is 24.3 Å². The summed E-state index contributed by atoms with van der Waals surface area (Å²) >= 11 is 0. The first-order chi connectivity index (χ1) is 9.56. The van der Waals surface area contributed by atoms with Crippen molar-refractivity contribution in [1.82, 2.24) is 5.43 Å². The number of nitrogens with zero attached hydrogens (tertiary/aromatic N) is 2. The van der Waals surface area contributed by atoms with E-state index in [1.165, 1.54) is 24.3 Å². The summed E-state index contributed by atoms with van der Waals surface area (Å²) in [6.07, 6.45) is 1.10. The Morgan fingerprint density at radius 1 is 1.40 bits per heavy atom. The van der Waals surface area contributed by atoms with Gasteiger partial charge in [-0.1, -0.05) is 6.07 Å². The van der Waals surface area contributed by atoms with Crippen LogP contribution in [0.4, 0.5) is 10.3 Å². The number of hydrazone groups is 1. The Hall–Kier alpha value is -3.03. The van der Waals surface area contributed by atoms with Gasteiger partial charge in [0.1, 0.15) is 10.7 Å². The Labute approximate surface area is 111 Å². The summed E-state index contributed by atoms with van der Waals surface area (Å²) in [7, 11) is 0. The molecule has 0 aliphatic rings. The molecule has 0 saturated heterocycles. The van der Waals surface area contributed by atoms with E-state index in [0.29, 0.717) is 0 Å². The fourth-order valence-electron chi connectivity index (χ4n) is 1.36. The number of hydrogen-bond donors (Lipinski definition) is 1. The second-order valence-electron chi connectivity index (χ2n) is 3.64. The summed E-state index contributed by atoms with van der Waals surface area (Å²) in [6, 6.07) is 7.58. The fraction of sp³-hybridized carbons (Fsp3) is 0. The highest BCUT2D eigenvalue weighted by Crippen LogP contribution is 2.13. The second kappa shape index (κ2) is 5.74. The van der Waals surface area contributed by atoms with Gasteiger partial charge in [-0.25, -0.2) is 9.82 Å². The van der Waals surface area contributed by atoms with Crippen LogP contribution in [0.1, 0.15) is 16.1 Å². The number of nitrogens with one attached hydrogen (secondary N) is 1. The van der Waals surface area contributed by atoms with E-state index in [1.54, 1.807) is 0 Å². The van der Waals surface area contributed by atoms with Gasteiger partial charge < -0.3 is 4.42 Å². The molecule has 0 aliphatic heterocycles. The minimum absolute atomic E-state index is 0.104. The number of carbonyl (C=O) groups is 1. The highest BCUT2D eigenvalue weighted by molar-refractivity contribution is 5.94. The van der Waals surface area contributed by atoms with Gasteiger partial charge in [0.25, 0.3) is 5.91 Å². The molecule has 1 N–H and O–H groups in total. The minimum atomic E-state index is -0.692. The topological polar surface area (TPSA) is 97.7 Å². The lowest BCUT2D eigenvalue weighted by Crippen LogP contribution is -2.17. The van der Waals surface area contributed by atoms with Crippen LogP contribution in [0.25, 0.3) is 0 Å². The highest BCUT2D eigenvalue weighted by Gasteiger charge is 2.10. The lowest BCUT2D eigenvalue weighted by Gasteiger charge is -1.98. The Kier molecular flexibility index (Phi) is 3.85. The highest BCUT2D eigenvalue weighted by atomic mass is 19.1. The molecule has 2 rings (SSSR count). The van der Waals surface area contributed by atoms with Crippen LogP contribution in [0.15, 0.2) is 45.9 Å². The van der Waals surface area contributed by atoms with Gasteiger partial charge in [-0.15, -0.1) is 0 Å². The third-order valence-electron chi connectivity index (χ3n) is 2.24. The predicted octanol–water partition coefficient (Wildman–Crippen LogP) is 2.09. The lowest BCUT2D eigenvalue weighted by atomic mass is 10.2. The molecule has 2 aromatic rings. The average molecular weight is 277 g/mol. The fourth-order valence-corrected chi connectivity index (χ4v) is 1.36. The molecule has 1 amide bonds. The smallest absolute Gasteiger partial charge is 0.400 e. The molecule has 7 nitrogen and oxygen atoms in total. The maximum Gasteiger partial charge on any atom is 0.433 e. The molecule has 0 radical (unpaired) electrons. The molecule has 102 valence electrons. The molecule has 0 unspecified atom stereocenters. The molecule has 20 heavy (non-hydrogen) atoms. The normalized spacial score (nSPS) is 10.7. The van der Waals surface area contributed by atoms with Gasteiger partial charge in [0.2, 0.25) is 0 Å². The molecule has 0 atom stereocenters. The van der Waals surface area contributed by atoms with Crippen molar-refractivity contribution in [2.24, 2.45) is 5.10 Å². The van der Waals surface area contributed by atoms with E-state index >= 15 is 0 Å². The molecule has 1 aromatic carbocycles. The summed E-state index contributed by atoms with van der Waals surface area (Å²) in [5, 5.41) is 13.9. The average Bonchev–Trinajstić information content (AvgIpc) is 2.87. The molecule has 1 heterocycles. The Bertz CT molecular complexity index is 681. The number of benzene rings is 1. The van der Waals surface area contributed by atoms with Crippen LogP contribution in [-0.2, 0) is 0 Å². The van der Waals surface area contributed by atoms with Crippen molar-refractivity contribution < 1.29 is 18.5 Å². The Morgan fingerprint density at radius 2 is 2.20 bits per heavy atom. The third-order valence-corrected chi connectivity index (χ3v) is 2.24. The molecule has 0 fully saturated rings. The summed E-state index contributed by atoms with van der Waals surface area (Å²) < 4.78 is 17.7. The number of furan rings is 1. The van der Waals surface area contributed by atoms with Crippen LogP contribution in [0.3, 0.4) is 0 Å². The molecule has 0 aliphatic carbocycles. The Balaban J connectivity index is 1.99. The maximum absolute atomic E-state index is 12.9.